The fourth-order valence-corrected chi connectivity index (χ4v) is 1.81. The van der Waals surface area contributed by atoms with Gasteiger partial charge >= 0.3 is 6.18 Å². The minimum atomic E-state index is -4.49. The van der Waals surface area contributed by atoms with E-state index in [4.69, 9.17) is 0 Å². The van der Waals surface area contributed by atoms with Gasteiger partial charge in [0.1, 0.15) is 10.6 Å². The zero-order valence-electron chi connectivity index (χ0n) is 10.9. The van der Waals surface area contributed by atoms with Gasteiger partial charge in [-0.15, -0.1) is 0 Å². The molecule has 1 atom stereocenters. The Hall–Kier alpha value is -1.48. The van der Waals surface area contributed by atoms with Crippen molar-refractivity contribution in [3.8, 4) is 0 Å². The van der Waals surface area contributed by atoms with Crippen LogP contribution in [0.5, 0.6) is 0 Å². The van der Waals surface area contributed by atoms with Gasteiger partial charge in [0.25, 0.3) is 0 Å². The molecule has 0 aliphatic carbocycles. The van der Waals surface area contributed by atoms with Crippen molar-refractivity contribution in [3.63, 3.8) is 0 Å². The molecule has 1 N–H and O–H groups in total. The summed E-state index contributed by atoms with van der Waals surface area (Å²) in [4.78, 5) is 15.4. The van der Waals surface area contributed by atoms with Crippen molar-refractivity contribution < 1.29 is 26.4 Å². The summed E-state index contributed by atoms with van der Waals surface area (Å²) in [7, 11) is 1.18. The monoisotopic (exact) mass is 310 g/mol. The Kier molecular flexibility index (Phi) is 4.87. The SMILES string of the molecule is COS(=O)C(C)(C)C(=O)Nc1ccc(C(F)(F)F)cn1. The van der Waals surface area contributed by atoms with Gasteiger partial charge in [-0.2, -0.15) is 13.2 Å². The maximum absolute atomic E-state index is 12.3. The Morgan fingerprint density at radius 3 is 2.35 bits per heavy atom. The number of hydrogen-bond donors (Lipinski definition) is 1. The molecule has 1 amide bonds. The molecule has 0 aromatic carbocycles. The fourth-order valence-electron chi connectivity index (χ4n) is 1.19. The van der Waals surface area contributed by atoms with E-state index in [1.54, 1.807) is 0 Å². The van der Waals surface area contributed by atoms with E-state index in [0.717, 1.165) is 12.1 Å². The van der Waals surface area contributed by atoms with E-state index in [-0.39, 0.29) is 5.82 Å². The Morgan fingerprint density at radius 1 is 1.35 bits per heavy atom. The van der Waals surface area contributed by atoms with E-state index >= 15 is 0 Å². The first-order valence-electron chi connectivity index (χ1n) is 5.40. The Morgan fingerprint density at radius 2 is 1.95 bits per heavy atom. The molecule has 1 rings (SSSR count). The van der Waals surface area contributed by atoms with E-state index < -0.39 is 33.5 Å². The number of pyridine rings is 1. The van der Waals surface area contributed by atoms with Crippen LogP contribution in [0.4, 0.5) is 19.0 Å². The van der Waals surface area contributed by atoms with Crippen LogP contribution < -0.4 is 5.32 Å². The Balaban J connectivity index is 2.84. The first-order valence-corrected chi connectivity index (χ1v) is 6.47. The highest BCUT2D eigenvalue weighted by Crippen LogP contribution is 2.29. The number of carbonyl (C=O) groups excluding carboxylic acids is 1. The zero-order chi connectivity index (χ0) is 15.6. The molecule has 0 aliphatic heterocycles. The first-order chi connectivity index (χ1) is 9.09. The van der Waals surface area contributed by atoms with E-state index in [9.17, 15) is 22.2 Å². The summed E-state index contributed by atoms with van der Waals surface area (Å²) >= 11 is -1.88. The van der Waals surface area contributed by atoms with E-state index in [2.05, 4.69) is 14.5 Å². The first kappa shape index (κ1) is 16.6. The minimum Gasteiger partial charge on any atom is -0.309 e. The van der Waals surface area contributed by atoms with E-state index in [0.29, 0.717) is 6.20 Å². The standard InChI is InChI=1S/C11H13F3N2O3S/c1-10(2,20(18)19-3)9(17)16-8-5-4-7(6-15-8)11(12,13)14/h4-6H,1-3H3,(H,15,16,17). The normalized spacial score (nSPS) is 13.9. The third-order valence-corrected chi connectivity index (χ3v) is 3.77. The number of amides is 1. The summed E-state index contributed by atoms with van der Waals surface area (Å²) in [5.41, 5.74) is -0.921. The molecular weight excluding hydrogens is 297 g/mol. The van der Waals surface area contributed by atoms with Gasteiger partial charge in [-0.1, -0.05) is 0 Å². The van der Waals surface area contributed by atoms with Gasteiger partial charge in [-0.3, -0.25) is 8.98 Å². The zero-order valence-corrected chi connectivity index (χ0v) is 11.8. The van der Waals surface area contributed by atoms with E-state index in [1.165, 1.54) is 21.0 Å². The molecule has 1 aromatic rings. The summed E-state index contributed by atoms with van der Waals surface area (Å²) in [6.07, 6.45) is -3.89. The highest BCUT2D eigenvalue weighted by atomic mass is 32.2. The molecule has 0 radical (unpaired) electrons. The number of rotatable bonds is 4. The van der Waals surface area contributed by atoms with Crippen LogP contribution in [0.25, 0.3) is 0 Å². The number of alkyl halides is 3. The number of nitrogens with zero attached hydrogens (tertiary/aromatic N) is 1. The molecular formula is C11H13F3N2O3S. The molecule has 20 heavy (non-hydrogen) atoms. The lowest BCUT2D eigenvalue weighted by Gasteiger charge is -2.20. The minimum absolute atomic E-state index is 0.0656. The summed E-state index contributed by atoms with van der Waals surface area (Å²) in [5.74, 6) is -0.742. The van der Waals surface area contributed by atoms with Gasteiger partial charge in [-0.25, -0.2) is 9.19 Å². The lowest BCUT2D eigenvalue weighted by Crippen LogP contribution is -2.41. The summed E-state index contributed by atoms with van der Waals surface area (Å²) in [5, 5.41) is 2.29. The van der Waals surface area contributed by atoms with Crippen molar-refractivity contribution in [2.75, 3.05) is 12.4 Å². The van der Waals surface area contributed by atoms with Gasteiger partial charge in [0.2, 0.25) is 5.91 Å². The number of nitrogens with one attached hydrogen (secondary N) is 1. The van der Waals surface area contributed by atoms with Gasteiger partial charge < -0.3 is 5.32 Å². The van der Waals surface area contributed by atoms with E-state index in [1.807, 2.05) is 0 Å². The molecule has 1 heterocycles. The Labute approximate surface area is 116 Å². The number of halogens is 3. The summed E-state index contributed by atoms with van der Waals surface area (Å²) in [6.45, 7) is 2.76. The van der Waals surface area contributed by atoms with Crippen LogP contribution in [-0.2, 0) is 26.2 Å². The molecule has 1 aromatic heterocycles. The fraction of sp³-hybridized carbons (Fsp3) is 0.455. The second-order valence-electron chi connectivity index (χ2n) is 4.30. The quantitative estimate of drug-likeness (QED) is 0.925. The highest BCUT2D eigenvalue weighted by Gasteiger charge is 2.36. The second-order valence-corrected chi connectivity index (χ2v) is 6.12. The molecule has 0 spiro atoms. The average molecular weight is 310 g/mol. The summed E-state index contributed by atoms with van der Waals surface area (Å²) < 4.78 is 51.7. The van der Waals surface area contributed by atoms with Crippen molar-refractivity contribution >= 4 is 22.8 Å². The summed E-state index contributed by atoms with van der Waals surface area (Å²) in [6, 6.07) is 1.81. The van der Waals surface area contributed by atoms with Gasteiger partial charge in [0.15, 0.2) is 11.1 Å². The molecule has 0 fully saturated rings. The third-order valence-electron chi connectivity index (χ3n) is 2.45. The number of aromatic nitrogens is 1. The van der Waals surface area contributed by atoms with Crippen molar-refractivity contribution in [1.82, 2.24) is 4.98 Å². The molecule has 0 bridgehead atoms. The molecule has 0 saturated carbocycles. The number of anilines is 1. The highest BCUT2D eigenvalue weighted by molar-refractivity contribution is 7.82. The molecule has 0 saturated heterocycles. The average Bonchev–Trinajstić information content (AvgIpc) is 2.37. The number of hydrogen-bond acceptors (Lipinski definition) is 4. The van der Waals surface area contributed by atoms with Crippen molar-refractivity contribution in [2.24, 2.45) is 0 Å². The lowest BCUT2D eigenvalue weighted by atomic mass is 10.2. The van der Waals surface area contributed by atoms with Gasteiger partial charge in [0, 0.05) is 6.20 Å². The van der Waals surface area contributed by atoms with Crippen molar-refractivity contribution in [3.05, 3.63) is 23.9 Å². The maximum Gasteiger partial charge on any atom is 0.417 e. The number of carbonyl (C=O) groups is 1. The molecule has 0 aliphatic rings. The maximum atomic E-state index is 12.3. The molecule has 9 heteroatoms. The van der Waals surface area contributed by atoms with Crippen molar-refractivity contribution in [1.29, 1.82) is 0 Å². The van der Waals surface area contributed by atoms with Crippen LogP contribution in [-0.4, -0.2) is 27.0 Å². The largest absolute Gasteiger partial charge is 0.417 e. The van der Waals surface area contributed by atoms with Crippen LogP contribution in [0, 0.1) is 0 Å². The van der Waals surface area contributed by atoms with Crippen LogP contribution in [0.1, 0.15) is 19.4 Å². The molecule has 5 nitrogen and oxygen atoms in total. The predicted molar refractivity (Wildman–Crippen MR) is 67.1 cm³/mol. The van der Waals surface area contributed by atoms with Gasteiger partial charge in [0.05, 0.1) is 12.7 Å². The van der Waals surface area contributed by atoms with Gasteiger partial charge in [-0.05, 0) is 26.0 Å². The van der Waals surface area contributed by atoms with Crippen LogP contribution >= 0.6 is 0 Å². The molecule has 112 valence electrons. The smallest absolute Gasteiger partial charge is 0.309 e. The second kappa shape index (κ2) is 5.88. The topological polar surface area (TPSA) is 68.3 Å². The van der Waals surface area contributed by atoms with Crippen molar-refractivity contribution in [2.45, 2.75) is 24.8 Å². The lowest BCUT2D eigenvalue weighted by molar-refractivity contribution is -0.137. The van der Waals surface area contributed by atoms with Crippen LogP contribution in [0.3, 0.4) is 0 Å². The Bertz CT molecular complexity index is 515. The predicted octanol–water partition coefficient (Wildman–Crippen LogP) is 2.13. The van der Waals surface area contributed by atoms with Crippen LogP contribution in [0.2, 0.25) is 0 Å². The van der Waals surface area contributed by atoms with Crippen LogP contribution in [0.15, 0.2) is 18.3 Å². The third kappa shape index (κ3) is 3.76. The molecule has 1 unspecified atom stereocenters.